The van der Waals surface area contributed by atoms with Gasteiger partial charge >= 0.3 is 5.97 Å². The third-order valence-electron chi connectivity index (χ3n) is 5.33. The SMILES string of the molecule is CC(C)CC1CN(C(=O)CC(=O)O)CC(c2ccc(Cl)cc2)N1c1ccc(Cl)cc1. The zero-order valence-corrected chi connectivity index (χ0v) is 18.6. The molecular formula is C23H26Cl2N2O3. The van der Waals surface area contributed by atoms with Crippen LogP contribution in [0.5, 0.6) is 0 Å². The van der Waals surface area contributed by atoms with E-state index in [9.17, 15) is 9.59 Å². The summed E-state index contributed by atoms with van der Waals surface area (Å²) < 4.78 is 0. The number of amides is 1. The van der Waals surface area contributed by atoms with E-state index in [2.05, 4.69) is 18.7 Å². The number of hydrogen-bond acceptors (Lipinski definition) is 3. The summed E-state index contributed by atoms with van der Waals surface area (Å²) >= 11 is 12.2. The van der Waals surface area contributed by atoms with Crippen LogP contribution in [0.25, 0.3) is 0 Å². The van der Waals surface area contributed by atoms with Gasteiger partial charge in [-0.3, -0.25) is 9.59 Å². The van der Waals surface area contributed by atoms with Gasteiger partial charge < -0.3 is 14.9 Å². The molecule has 1 heterocycles. The highest BCUT2D eigenvalue weighted by Gasteiger charge is 2.37. The van der Waals surface area contributed by atoms with Crippen molar-refractivity contribution in [2.24, 2.45) is 5.92 Å². The number of carbonyl (C=O) groups excluding carboxylic acids is 1. The van der Waals surface area contributed by atoms with Crippen LogP contribution in [0.4, 0.5) is 5.69 Å². The van der Waals surface area contributed by atoms with Crippen molar-refractivity contribution in [2.75, 3.05) is 18.0 Å². The van der Waals surface area contributed by atoms with Crippen LogP contribution in [0.1, 0.15) is 38.3 Å². The van der Waals surface area contributed by atoms with Gasteiger partial charge in [0.2, 0.25) is 5.91 Å². The summed E-state index contributed by atoms with van der Waals surface area (Å²) in [5.41, 5.74) is 2.05. The molecule has 160 valence electrons. The molecule has 0 aliphatic carbocycles. The quantitative estimate of drug-likeness (QED) is 0.611. The van der Waals surface area contributed by atoms with E-state index in [0.29, 0.717) is 29.1 Å². The topological polar surface area (TPSA) is 60.9 Å². The van der Waals surface area contributed by atoms with Gasteiger partial charge in [0.15, 0.2) is 0 Å². The van der Waals surface area contributed by atoms with Gasteiger partial charge in [-0.25, -0.2) is 0 Å². The van der Waals surface area contributed by atoms with Crippen LogP contribution in [-0.4, -0.2) is 41.0 Å². The highest BCUT2D eigenvalue weighted by Crippen LogP contribution is 2.37. The van der Waals surface area contributed by atoms with E-state index in [1.807, 2.05) is 48.5 Å². The molecule has 3 rings (SSSR count). The van der Waals surface area contributed by atoms with Gasteiger partial charge in [-0.2, -0.15) is 0 Å². The fourth-order valence-electron chi connectivity index (χ4n) is 4.10. The Morgan fingerprint density at radius 2 is 1.57 bits per heavy atom. The first-order valence-corrected chi connectivity index (χ1v) is 10.8. The van der Waals surface area contributed by atoms with Crippen LogP contribution in [0, 0.1) is 5.92 Å². The van der Waals surface area contributed by atoms with Gasteiger partial charge in [-0.15, -0.1) is 0 Å². The third kappa shape index (κ3) is 5.46. The van der Waals surface area contributed by atoms with E-state index < -0.39 is 12.4 Å². The van der Waals surface area contributed by atoms with E-state index in [4.69, 9.17) is 28.3 Å². The minimum Gasteiger partial charge on any atom is -0.481 e. The normalized spacial score (nSPS) is 19.2. The molecule has 2 aromatic rings. The lowest BCUT2D eigenvalue weighted by atomic mass is 9.92. The number of anilines is 1. The fraction of sp³-hybridized carbons (Fsp3) is 0.391. The summed E-state index contributed by atoms with van der Waals surface area (Å²) in [4.78, 5) is 27.8. The summed E-state index contributed by atoms with van der Waals surface area (Å²) in [5, 5.41) is 10.4. The minimum absolute atomic E-state index is 0.0401. The van der Waals surface area contributed by atoms with E-state index in [1.165, 1.54) is 0 Å². The second-order valence-corrected chi connectivity index (χ2v) is 8.98. The number of nitrogens with zero attached hydrogens (tertiary/aromatic N) is 2. The average Bonchev–Trinajstić information content (AvgIpc) is 2.68. The lowest BCUT2D eigenvalue weighted by Gasteiger charge is -2.49. The number of hydrogen-bond donors (Lipinski definition) is 1. The lowest BCUT2D eigenvalue weighted by molar-refractivity contribution is -0.144. The molecule has 30 heavy (non-hydrogen) atoms. The Labute approximate surface area is 187 Å². The predicted molar refractivity (Wildman–Crippen MR) is 120 cm³/mol. The number of piperazine rings is 1. The smallest absolute Gasteiger partial charge is 0.312 e. The molecule has 2 atom stereocenters. The molecule has 0 spiro atoms. The Bertz CT molecular complexity index is 884. The zero-order chi connectivity index (χ0) is 21.8. The summed E-state index contributed by atoms with van der Waals surface area (Å²) in [6.45, 7) is 5.19. The van der Waals surface area contributed by atoms with Crippen LogP contribution in [0.15, 0.2) is 48.5 Å². The summed E-state index contributed by atoms with van der Waals surface area (Å²) in [6, 6.07) is 15.2. The molecule has 1 aliphatic rings. The van der Waals surface area contributed by atoms with Crippen molar-refractivity contribution in [1.82, 2.24) is 4.90 Å². The Morgan fingerprint density at radius 3 is 2.10 bits per heavy atom. The van der Waals surface area contributed by atoms with E-state index in [1.54, 1.807) is 4.90 Å². The molecular weight excluding hydrogens is 423 g/mol. The van der Waals surface area contributed by atoms with Gasteiger partial charge in [0, 0.05) is 34.9 Å². The molecule has 0 bridgehead atoms. The van der Waals surface area contributed by atoms with Crippen LogP contribution in [0.3, 0.4) is 0 Å². The summed E-state index contributed by atoms with van der Waals surface area (Å²) in [7, 11) is 0. The minimum atomic E-state index is -1.11. The van der Waals surface area contributed by atoms with Crippen LogP contribution in [0.2, 0.25) is 10.0 Å². The fourth-order valence-corrected chi connectivity index (χ4v) is 4.35. The maximum Gasteiger partial charge on any atom is 0.312 e. The van der Waals surface area contributed by atoms with Crippen molar-refractivity contribution in [3.8, 4) is 0 Å². The molecule has 1 N–H and O–H groups in total. The predicted octanol–water partition coefficient (Wildman–Crippen LogP) is 5.27. The maximum atomic E-state index is 12.6. The molecule has 0 saturated carbocycles. The number of rotatable bonds is 6. The maximum absolute atomic E-state index is 12.6. The van der Waals surface area contributed by atoms with Crippen molar-refractivity contribution in [2.45, 2.75) is 38.8 Å². The van der Waals surface area contributed by atoms with Crippen LogP contribution >= 0.6 is 23.2 Å². The first-order valence-electron chi connectivity index (χ1n) is 10.0. The highest BCUT2D eigenvalue weighted by molar-refractivity contribution is 6.30. The first-order chi connectivity index (χ1) is 14.2. The second-order valence-electron chi connectivity index (χ2n) is 8.10. The largest absolute Gasteiger partial charge is 0.481 e. The number of aliphatic carboxylic acids is 1. The van der Waals surface area contributed by atoms with Gasteiger partial charge in [0.25, 0.3) is 0 Å². The third-order valence-corrected chi connectivity index (χ3v) is 5.84. The van der Waals surface area contributed by atoms with Gasteiger partial charge in [0.1, 0.15) is 6.42 Å². The van der Waals surface area contributed by atoms with Crippen molar-refractivity contribution < 1.29 is 14.7 Å². The molecule has 0 aromatic heterocycles. The van der Waals surface area contributed by atoms with Crippen LogP contribution < -0.4 is 4.90 Å². The molecule has 5 nitrogen and oxygen atoms in total. The van der Waals surface area contributed by atoms with Crippen molar-refractivity contribution in [3.63, 3.8) is 0 Å². The standard InChI is InChI=1S/C23H26Cl2N2O3/c1-15(2)11-20-13-26(22(28)12-23(29)30)14-21(16-3-5-17(24)6-4-16)27(20)19-9-7-18(25)8-10-19/h3-10,15,20-21H,11-14H2,1-2H3,(H,29,30). The van der Waals surface area contributed by atoms with E-state index in [-0.39, 0.29) is 18.0 Å². The average molecular weight is 449 g/mol. The molecule has 7 heteroatoms. The Kier molecular flexibility index (Phi) is 7.27. The Morgan fingerprint density at radius 1 is 1.00 bits per heavy atom. The molecule has 1 aliphatic heterocycles. The molecule has 1 saturated heterocycles. The number of benzene rings is 2. The molecule has 2 unspecified atom stereocenters. The van der Waals surface area contributed by atoms with Crippen molar-refractivity contribution in [3.05, 3.63) is 64.1 Å². The Balaban J connectivity index is 2.03. The highest BCUT2D eigenvalue weighted by atomic mass is 35.5. The van der Waals surface area contributed by atoms with Gasteiger partial charge in [0.05, 0.1) is 6.04 Å². The number of carbonyl (C=O) groups is 2. The molecule has 2 aromatic carbocycles. The monoisotopic (exact) mass is 448 g/mol. The van der Waals surface area contributed by atoms with Crippen molar-refractivity contribution >= 4 is 40.8 Å². The molecule has 1 amide bonds. The van der Waals surface area contributed by atoms with E-state index in [0.717, 1.165) is 17.7 Å². The van der Waals surface area contributed by atoms with Crippen LogP contribution in [-0.2, 0) is 9.59 Å². The number of halogens is 2. The van der Waals surface area contributed by atoms with E-state index >= 15 is 0 Å². The zero-order valence-electron chi connectivity index (χ0n) is 17.1. The summed E-state index contributed by atoms with van der Waals surface area (Å²) in [5.74, 6) is -1.06. The molecule has 1 fully saturated rings. The number of carboxylic acid groups (broad SMARTS) is 1. The van der Waals surface area contributed by atoms with Crippen molar-refractivity contribution in [1.29, 1.82) is 0 Å². The molecule has 0 radical (unpaired) electrons. The lowest BCUT2D eigenvalue weighted by Crippen LogP contribution is -2.57. The summed E-state index contributed by atoms with van der Waals surface area (Å²) in [6.07, 6.45) is 0.367. The van der Waals surface area contributed by atoms with Gasteiger partial charge in [-0.05, 0) is 54.3 Å². The first kappa shape index (κ1) is 22.4. The number of carboxylic acids is 1. The second kappa shape index (κ2) is 9.71. The Hall–Kier alpha value is -2.24. The van der Waals surface area contributed by atoms with Gasteiger partial charge in [-0.1, -0.05) is 49.2 Å².